The van der Waals surface area contributed by atoms with Crippen LogP contribution in [0, 0.1) is 6.92 Å². The number of imidazole rings is 1. The zero-order valence-electron chi connectivity index (χ0n) is 12.7. The molecule has 0 amide bonds. The van der Waals surface area contributed by atoms with Crippen molar-refractivity contribution in [3.8, 4) is 0 Å². The molecule has 2 heterocycles. The summed E-state index contributed by atoms with van der Waals surface area (Å²) in [7, 11) is 1.97. The molecule has 0 aliphatic heterocycles. The number of hydrogen-bond acceptors (Lipinski definition) is 3. The molecule has 0 aromatic carbocycles. The van der Waals surface area contributed by atoms with Crippen LogP contribution in [0.1, 0.15) is 38.0 Å². The fourth-order valence-corrected chi connectivity index (χ4v) is 2.47. The molecule has 110 valence electrons. The Morgan fingerprint density at radius 3 is 2.60 bits per heavy atom. The number of nitrogens with zero attached hydrogens (tertiary/aromatic N) is 4. The van der Waals surface area contributed by atoms with Crippen LogP contribution in [0.2, 0.25) is 0 Å². The van der Waals surface area contributed by atoms with Crippen molar-refractivity contribution in [2.45, 2.75) is 46.3 Å². The lowest BCUT2D eigenvalue weighted by Crippen LogP contribution is -2.36. The average Bonchev–Trinajstić information content (AvgIpc) is 2.87. The molecule has 0 saturated heterocycles. The molecule has 0 saturated carbocycles. The second kappa shape index (κ2) is 5.69. The maximum absolute atomic E-state index is 4.44. The van der Waals surface area contributed by atoms with Gasteiger partial charge in [0.2, 0.25) is 0 Å². The van der Waals surface area contributed by atoms with E-state index in [9.17, 15) is 0 Å². The highest BCUT2D eigenvalue weighted by Gasteiger charge is 2.14. The van der Waals surface area contributed by atoms with Gasteiger partial charge in [-0.05, 0) is 43.6 Å². The van der Waals surface area contributed by atoms with Gasteiger partial charge >= 0.3 is 0 Å². The average molecular weight is 340 g/mol. The minimum absolute atomic E-state index is 0.0838. The molecule has 5 nitrogen and oxygen atoms in total. The Hall–Kier alpha value is -1.14. The summed E-state index contributed by atoms with van der Waals surface area (Å²) >= 11 is 3.61. The topological polar surface area (TPSA) is 47.7 Å². The molecule has 2 aromatic rings. The quantitative estimate of drug-likeness (QED) is 0.931. The standard InChI is InChI=1S/C14H22BrN5/c1-10-13(15)11(19(5)18-10)9-20-7-6-16-12(20)8-17-14(2,3)4/h6-7,17H,8-9H2,1-5H3. The van der Waals surface area contributed by atoms with Gasteiger partial charge in [-0.15, -0.1) is 0 Å². The van der Waals surface area contributed by atoms with Crippen molar-refractivity contribution >= 4 is 15.9 Å². The summed E-state index contributed by atoms with van der Waals surface area (Å²) in [6.07, 6.45) is 3.85. The van der Waals surface area contributed by atoms with Gasteiger partial charge in [0.15, 0.2) is 0 Å². The Morgan fingerprint density at radius 2 is 2.05 bits per heavy atom. The number of aryl methyl sites for hydroxylation is 2. The third kappa shape index (κ3) is 3.49. The van der Waals surface area contributed by atoms with E-state index in [1.54, 1.807) is 0 Å². The van der Waals surface area contributed by atoms with E-state index in [2.05, 4.69) is 56.7 Å². The monoisotopic (exact) mass is 339 g/mol. The summed E-state index contributed by atoms with van der Waals surface area (Å²) < 4.78 is 5.14. The van der Waals surface area contributed by atoms with E-state index < -0.39 is 0 Å². The van der Waals surface area contributed by atoms with Gasteiger partial charge in [0.05, 0.1) is 29.0 Å². The molecule has 0 aliphatic carbocycles. The predicted molar refractivity (Wildman–Crippen MR) is 83.6 cm³/mol. The largest absolute Gasteiger partial charge is 0.328 e. The third-order valence-electron chi connectivity index (χ3n) is 3.16. The second-order valence-corrected chi connectivity index (χ2v) is 6.84. The van der Waals surface area contributed by atoms with Gasteiger partial charge in [-0.3, -0.25) is 4.68 Å². The number of rotatable bonds is 4. The molecule has 0 unspecified atom stereocenters. The molecular formula is C14H22BrN5. The van der Waals surface area contributed by atoms with Crippen LogP contribution in [-0.4, -0.2) is 24.9 Å². The molecule has 20 heavy (non-hydrogen) atoms. The summed E-state index contributed by atoms with van der Waals surface area (Å²) in [4.78, 5) is 4.44. The van der Waals surface area contributed by atoms with Crippen molar-refractivity contribution in [3.05, 3.63) is 34.1 Å². The molecule has 0 bridgehead atoms. The van der Waals surface area contributed by atoms with E-state index in [1.165, 1.54) is 0 Å². The van der Waals surface area contributed by atoms with Gasteiger partial charge < -0.3 is 9.88 Å². The Bertz CT molecular complexity index is 591. The van der Waals surface area contributed by atoms with Gasteiger partial charge in [-0.1, -0.05) is 0 Å². The first-order chi connectivity index (χ1) is 9.28. The third-order valence-corrected chi connectivity index (χ3v) is 4.19. The number of halogens is 1. The summed E-state index contributed by atoms with van der Waals surface area (Å²) in [5.74, 6) is 1.03. The van der Waals surface area contributed by atoms with E-state index in [1.807, 2.05) is 31.0 Å². The Morgan fingerprint density at radius 1 is 1.35 bits per heavy atom. The number of hydrogen-bond donors (Lipinski definition) is 1. The van der Waals surface area contributed by atoms with Crippen molar-refractivity contribution in [2.24, 2.45) is 7.05 Å². The van der Waals surface area contributed by atoms with Gasteiger partial charge in [-0.25, -0.2) is 4.98 Å². The molecule has 0 aliphatic rings. The fourth-order valence-electron chi connectivity index (χ4n) is 2.01. The summed E-state index contributed by atoms with van der Waals surface area (Å²) in [5.41, 5.74) is 2.25. The van der Waals surface area contributed by atoms with Crippen molar-refractivity contribution in [1.82, 2.24) is 24.6 Å². The first-order valence-corrected chi connectivity index (χ1v) is 7.50. The first-order valence-electron chi connectivity index (χ1n) is 6.71. The van der Waals surface area contributed by atoms with Crippen molar-refractivity contribution in [1.29, 1.82) is 0 Å². The van der Waals surface area contributed by atoms with Crippen LogP contribution in [0.5, 0.6) is 0 Å². The smallest absolute Gasteiger partial charge is 0.123 e. The van der Waals surface area contributed by atoms with Crippen molar-refractivity contribution in [2.75, 3.05) is 0 Å². The molecule has 0 spiro atoms. The minimum Gasteiger partial charge on any atom is -0.328 e. The normalized spacial score (nSPS) is 12.1. The fraction of sp³-hybridized carbons (Fsp3) is 0.571. The van der Waals surface area contributed by atoms with Crippen LogP contribution in [0.4, 0.5) is 0 Å². The van der Waals surface area contributed by atoms with E-state index in [-0.39, 0.29) is 5.54 Å². The molecule has 0 radical (unpaired) electrons. The van der Waals surface area contributed by atoms with E-state index in [0.29, 0.717) is 0 Å². The van der Waals surface area contributed by atoms with Crippen molar-refractivity contribution in [3.63, 3.8) is 0 Å². The van der Waals surface area contributed by atoms with E-state index in [0.717, 1.165) is 34.8 Å². The van der Waals surface area contributed by atoms with Gasteiger partial charge in [-0.2, -0.15) is 5.10 Å². The highest BCUT2D eigenvalue weighted by Crippen LogP contribution is 2.21. The van der Waals surface area contributed by atoms with E-state index in [4.69, 9.17) is 0 Å². The first kappa shape index (κ1) is 15.3. The zero-order valence-corrected chi connectivity index (χ0v) is 14.3. The maximum Gasteiger partial charge on any atom is 0.123 e. The van der Waals surface area contributed by atoms with Crippen LogP contribution >= 0.6 is 15.9 Å². The molecule has 2 rings (SSSR count). The second-order valence-electron chi connectivity index (χ2n) is 6.04. The Labute approximate surface area is 128 Å². The molecule has 1 N–H and O–H groups in total. The molecule has 0 atom stereocenters. The molecule has 6 heteroatoms. The number of aromatic nitrogens is 4. The van der Waals surface area contributed by atoms with E-state index >= 15 is 0 Å². The maximum atomic E-state index is 4.44. The summed E-state index contributed by atoms with van der Waals surface area (Å²) in [6.45, 7) is 9.98. The highest BCUT2D eigenvalue weighted by molar-refractivity contribution is 9.10. The van der Waals surface area contributed by atoms with Crippen LogP contribution in [0.15, 0.2) is 16.9 Å². The molecule has 0 fully saturated rings. The Kier molecular flexibility index (Phi) is 4.34. The van der Waals surface area contributed by atoms with Crippen LogP contribution in [0.3, 0.4) is 0 Å². The summed E-state index contributed by atoms with van der Waals surface area (Å²) in [6, 6.07) is 0. The van der Waals surface area contributed by atoms with Gasteiger partial charge in [0.25, 0.3) is 0 Å². The predicted octanol–water partition coefficient (Wildman–Crippen LogP) is 2.62. The highest BCUT2D eigenvalue weighted by atomic mass is 79.9. The number of nitrogens with one attached hydrogen (secondary N) is 1. The summed E-state index contributed by atoms with van der Waals surface area (Å²) in [5, 5.41) is 7.89. The lowest BCUT2D eigenvalue weighted by atomic mass is 10.1. The molecular weight excluding hydrogens is 318 g/mol. The van der Waals surface area contributed by atoms with Crippen LogP contribution in [-0.2, 0) is 20.1 Å². The minimum atomic E-state index is 0.0838. The van der Waals surface area contributed by atoms with Crippen LogP contribution < -0.4 is 5.32 Å². The van der Waals surface area contributed by atoms with Gasteiger partial charge in [0.1, 0.15) is 5.82 Å². The zero-order chi connectivity index (χ0) is 14.9. The molecule has 2 aromatic heterocycles. The van der Waals surface area contributed by atoms with Crippen LogP contribution in [0.25, 0.3) is 0 Å². The Balaban J connectivity index is 2.16. The SMILES string of the molecule is Cc1nn(C)c(Cn2ccnc2CNC(C)(C)C)c1Br. The lowest BCUT2D eigenvalue weighted by molar-refractivity contribution is 0.412. The van der Waals surface area contributed by atoms with Gasteiger partial charge in [0, 0.05) is 25.0 Å². The lowest BCUT2D eigenvalue weighted by Gasteiger charge is -2.20. The van der Waals surface area contributed by atoms with Crippen molar-refractivity contribution < 1.29 is 0 Å².